The van der Waals surface area contributed by atoms with Gasteiger partial charge in [0.1, 0.15) is 6.10 Å². The lowest BCUT2D eigenvalue weighted by atomic mass is 9.94. The third-order valence-electron chi connectivity index (χ3n) is 4.74. The van der Waals surface area contributed by atoms with E-state index in [9.17, 15) is 14.4 Å². The Labute approximate surface area is 163 Å². The summed E-state index contributed by atoms with van der Waals surface area (Å²) >= 11 is 0. The first-order valence-electron chi connectivity index (χ1n) is 10.2. The Bertz CT molecular complexity index is 559. The van der Waals surface area contributed by atoms with Crippen molar-refractivity contribution in [3.63, 3.8) is 0 Å². The molecule has 5 heteroatoms. The molecule has 0 aromatic heterocycles. The van der Waals surface area contributed by atoms with Crippen LogP contribution in [0.2, 0.25) is 0 Å². The molecule has 27 heavy (non-hydrogen) atoms. The van der Waals surface area contributed by atoms with E-state index in [0.717, 1.165) is 12.8 Å². The van der Waals surface area contributed by atoms with Crippen molar-refractivity contribution in [3.8, 4) is 0 Å². The number of hydrogen-bond donors (Lipinski definition) is 0. The second-order valence-electron chi connectivity index (χ2n) is 7.17. The summed E-state index contributed by atoms with van der Waals surface area (Å²) in [6.07, 6.45) is 14.0. The van der Waals surface area contributed by atoms with E-state index in [2.05, 4.69) is 6.92 Å². The van der Waals surface area contributed by atoms with E-state index in [-0.39, 0.29) is 35.8 Å². The number of unbranched alkanes of at least 4 members (excludes halogenated alkanes) is 8. The van der Waals surface area contributed by atoms with Gasteiger partial charge in [-0.05, 0) is 18.9 Å². The molecular weight excluding hydrogens is 344 g/mol. The van der Waals surface area contributed by atoms with Gasteiger partial charge in [0.2, 0.25) is 5.78 Å². The minimum Gasteiger partial charge on any atom is -0.493 e. The fourth-order valence-electron chi connectivity index (χ4n) is 3.30. The number of allylic oxidation sites excluding steroid dienone is 3. The Balaban J connectivity index is 2.40. The van der Waals surface area contributed by atoms with Crippen molar-refractivity contribution in [1.82, 2.24) is 0 Å². The van der Waals surface area contributed by atoms with Gasteiger partial charge < -0.3 is 9.47 Å². The third-order valence-corrected chi connectivity index (χ3v) is 4.74. The van der Waals surface area contributed by atoms with Crippen LogP contribution in [0.25, 0.3) is 0 Å². The molecule has 1 aliphatic carbocycles. The van der Waals surface area contributed by atoms with Gasteiger partial charge in [-0.25, -0.2) is 0 Å². The maximum Gasteiger partial charge on any atom is 0.302 e. The summed E-state index contributed by atoms with van der Waals surface area (Å²) in [6, 6.07) is 0. The molecule has 0 aromatic rings. The van der Waals surface area contributed by atoms with Crippen LogP contribution in [0.1, 0.15) is 84.5 Å². The van der Waals surface area contributed by atoms with E-state index >= 15 is 0 Å². The van der Waals surface area contributed by atoms with Gasteiger partial charge in [-0.1, -0.05) is 58.3 Å². The van der Waals surface area contributed by atoms with Crippen molar-refractivity contribution in [2.45, 2.75) is 90.6 Å². The Morgan fingerprint density at radius 3 is 2.11 bits per heavy atom. The highest BCUT2D eigenvalue weighted by Crippen LogP contribution is 2.22. The smallest absolute Gasteiger partial charge is 0.302 e. The standard InChI is InChI=1S/C22H34O5/c1-4-5-6-7-8-9-10-11-12-13-20(27-17(2)23)15-18-14-19(24)16-21(26-3)22(18)25/h14,16,20H,4-13,15H2,1-3H3/t20-/m1/s1. The quantitative estimate of drug-likeness (QED) is 0.246. The van der Waals surface area contributed by atoms with Crippen LogP contribution >= 0.6 is 0 Å². The summed E-state index contributed by atoms with van der Waals surface area (Å²) in [5.74, 6) is -0.900. The molecule has 0 saturated heterocycles. The number of rotatable bonds is 14. The Morgan fingerprint density at radius 2 is 1.56 bits per heavy atom. The molecule has 0 radical (unpaired) electrons. The average molecular weight is 379 g/mol. The first kappa shape index (κ1) is 23.1. The molecule has 1 rings (SSSR count). The molecule has 0 bridgehead atoms. The highest BCUT2D eigenvalue weighted by molar-refractivity contribution is 6.19. The number of carbonyl (C=O) groups excluding carboxylic acids is 3. The predicted octanol–water partition coefficient (Wildman–Crippen LogP) is 4.84. The summed E-state index contributed by atoms with van der Waals surface area (Å²) in [7, 11) is 1.37. The van der Waals surface area contributed by atoms with E-state index in [1.54, 1.807) is 0 Å². The van der Waals surface area contributed by atoms with Crippen LogP contribution < -0.4 is 0 Å². The van der Waals surface area contributed by atoms with E-state index in [1.165, 1.54) is 71.1 Å². The normalized spacial score (nSPS) is 15.2. The first-order valence-corrected chi connectivity index (χ1v) is 10.2. The second-order valence-corrected chi connectivity index (χ2v) is 7.17. The van der Waals surface area contributed by atoms with Gasteiger partial charge >= 0.3 is 5.97 Å². The van der Waals surface area contributed by atoms with Gasteiger partial charge in [0.05, 0.1) is 7.11 Å². The molecule has 152 valence electrons. The molecular formula is C22H34O5. The molecule has 0 fully saturated rings. The molecule has 5 nitrogen and oxygen atoms in total. The predicted molar refractivity (Wildman–Crippen MR) is 105 cm³/mol. The molecule has 0 unspecified atom stereocenters. The largest absolute Gasteiger partial charge is 0.493 e. The number of Topliss-reactive ketones (excluding diaryl/α,β-unsaturated/α-hetero) is 1. The van der Waals surface area contributed by atoms with Gasteiger partial charge in [0.25, 0.3) is 0 Å². The average Bonchev–Trinajstić information content (AvgIpc) is 2.62. The molecule has 1 atom stereocenters. The fraction of sp³-hybridized carbons (Fsp3) is 0.682. The number of methoxy groups -OCH3 is 1. The van der Waals surface area contributed by atoms with Gasteiger partial charge in [0, 0.05) is 25.0 Å². The molecule has 0 saturated carbocycles. The van der Waals surface area contributed by atoms with Crippen molar-refractivity contribution >= 4 is 17.5 Å². The maximum atomic E-state index is 12.3. The first-order chi connectivity index (χ1) is 13.0. The molecule has 1 aliphatic rings. The zero-order valence-corrected chi connectivity index (χ0v) is 17.1. The summed E-state index contributed by atoms with van der Waals surface area (Å²) in [5, 5.41) is 0. The SMILES string of the molecule is CCCCCCCCCCC[C@H](CC1=CC(=O)C=C(OC)C1=O)OC(C)=O. The van der Waals surface area contributed by atoms with Gasteiger partial charge in [0.15, 0.2) is 11.5 Å². The number of ether oxygens (including phenoxy) is 2. The molecule has 0 aromatic carbocycles. The van der Waals surface area contributed by atoms with E-state index in [0.29, 0.717) is 12.0 Å². The number of carbonyl (C=O) groups is 3. The lowest BCUT2D eigenvalue weighted by Crippen LogP contribution is -2.23. The molecule has 0 N–H and O–H groups in total. The van der Waals surface area contributed by atoms with E-state index < -0.39 is 0 Å². The fourth-order valence-corrected chi connectivity index (χ4v) is 3.30. The second kappa shape index (κ2) is 13.3. The molecule has 0 spiro atoms. The number of hydrogen-bond acceptors (Lipinski definition) is 5. The third kappa shape index (κ3) is 9.55. The summed E-state index contributed by atoms with van der Waals surface area (Å²) < 4.78 is 10.3. The van der Waals surface area contributed by atoms with Gasteiger partial charge in [-0.2, -0.15) is 0 Å². The van der Waals surface area contributed by atoms with Gasteiger partial charge in [-0.15, -0.1) is 0 Å². The van der Waals surface area contributed by atoms with Crippen LogP contribution in [-0.4, -0.2) is 30.7 Å². The highest BCUT2D eigenvalue weighted by Gasteiger charge is 2.26. The van der Waals surface area contributed by atoms with Crippen molar-refractivity contribution < 1.29 is 23.9 Å². The van der Waals surface area contributed by atoms with Crippen LogP contribution in [-0.2, 0) is 23.9 Å². The minimum absolute atomic E-state index is 0.0437. The van der Waals surface area contributed by atoms with Crippen molar-refractivity contribution in [2.24, 2.45) is 0 Å². The Morgan fingerprint density at radius 1 is 0.963 bits per heavy atom. The van der Waals surface area contributed by atoms with Crippen molar-refractivity contribution in [3.05, 3.63) is 23.5 Å². The summed E-state index contributed by atoms with van der Waals surface area (Å²) in [5.41, 5.74) is 0.349. The highest BCUT2D eigenvalue weighted by atomic mass is 16.5. The monoisotopic (exact) mass is 378 g/mol. The Kier molecular flexibility index (Phi) is 11.4. The molecule has 0 aliphatic heterocycles. The van der Waals surface area contributed by atoms with Crippen LogP contribution in [0.3, 0.4) is 0 Å². The van der Waals surface area contributed by atoms with Gasteiger partial charge in [-0.3, -0.25) is 14.4 Å². The van der Waals surface area contributed by atoms with E-state index in [4.69, 9.17) is 9.47 Å². The zero-order valence-electron chi connectivity index (χ0n) is 17.1. The lowest BCUT2D eigenvalue weighted by Gasteiger charge is -2.20. The molecule has 0 amide bonds. The Hall–Kier alpha value is -1.91. The minimum atomic E-state index is -0.383. The van der Waals surface area contributed by atoms with Crippen LogP contribution in [0.4, 0.5) is 0 Å². The number of ketones is 2. The van der Waals surface area contributed by atoms with Crippen LogP contribution in [0.15, 0.2) is 23.5 Å². The van der Waals surface area contributed by atoms with E-state index in [1.807, 2.05) is 0 Å². The molecule has 0 heterocycles. The topological polar surface area (TPSA) is 69.7 Å². The van der Waals surface area contributed by atoms with Crippen molar-refractivity contribution in [1.29, 1.82) is 0 Å². The zero-order chi connectivity index (χ0) is 20.1. The maximum absolute atomic E-state index is 12.3. The lowest BCUT2D eigenvalue weighted by molar-refractivity contribution is -0.146. The van der Waals surface area contributed by atoms with Crippen molar-refractivity contribution in [2.75, 3.05) is 7.11 Å². The summed E-state index contributed by atoms with van der Waals surface area (Å²) in [4.78, 5) is 35.4. The number of esters is 1. The van der Waals surface area contributed by atoms with Crippen LogP contribution in [0, 0.1) is 0 Å². The summed E-state index contributed by atoms with van der Waals surface area (Å²) in [6.45, 7) is 3.59. The van der Waals surface area contributed by atoms with Crippen LogP contribution in [0.5, 0.6) is 0 Å².